The topological polar surface area (TPSA) is 42.0 Å². The van der Waals surface area contributed by atoms with Crippen molar-refractivity contribution in [1.82, 2.24) is 4.98 Å². The lowest BCUT2D eigenvalue weighted by molar-refractivity contribution is 0.102. The highest BCUT2D eigenvalue weighted by Gasteiger charge is 2.09. The van der Waals surface area contributed by atoms with Crippen molar-refractivity contribution in [1.29, 1.82) is 0 Å². The highest BCUT2D eigenvalue weighted by Crippen LogP contribution is 2.15. The Hall–Kier alpha value is -1.68. The Balaban J connectivity index is 2.17. The molecule has 3 nitrogen and oxygen atoms in total. The van der Waals surface area contributed by atoms with Crippen LogP contribution in [0.5, 0.6) is 0 Å². The van der Waals surface area contributed by atoms with Crippen LogP contribution in [0.2, 0.25) is 0 Å². The number of hydrogen-bond acceptors (Lipinski definition) is 2. The number of benzene rings is 1. The maximum absolute atomic E-state index is 11.9. The molecule has 1 N–H and O–H groups in total. The van der Waals surface area contributed by atoms with Gasteiger partial charge in [-0.2, -0.15) is 0 Å². The van der Waals surface area contributed by atoms with Gasteiger partial charge in [-0.1, -0.05) is 22.0 Å². The Labute approximate surface area is 108 Å². The average molecular weight is 291 g/mol. The van der Waals surface area contributed by atoms with Crippen LogP contribution in [-0.4, -0.2) is 10.9 Å². The first-order valence-electron chi connectivity index (χ1n) is 5.15. The minimum absolute atomic E-state index is 0.189. The van der Waals surface area contributed by atoms with Gasteiger partial charge < -0.3 is 5.32 Å². The van der Waals surface area contributed by atoms with Crippen molar-refractivity contribution in [3.63, 3.8) is 0 Å². The van der Waals surface area contributed by atoms with Crippen molar-refractivity contribution in [3.05, 3.63) is 58.3 Å². The Kier molecular flexibility index (Phi) is 3.54. The molecule has 1 heterocycles. The monoisotopic (exact) mass is 290 g/mol. The van der Waals surface area contributed by atoms with Gasteiger partial charge in [-0.05, 0) is 42.8 Å². The van der Waals surface area contributed by atoms with E-state index in [1.165, 1.54) is 0 Å². The number of rotatable bonds is 2. The summed E-state index contributed by atoms with van der Waals surface area (Å²) in [5.74, 6) is -0.189. The van der Waals surface area contributed by atoms with Crippen LogP contribution in [0.4, 0.5) is 5.69 Å². The number of nitrogens with one attached hydrogen (secondary N) is 1. The molecule has 0 saturated carbocycles. The Morgan fingerprint density at radius 3 is 2.59 bits per heavy atom. The van der Waals surface area contributed by atoms with Gasteiger partial charge in [-0.15, -0.1) is 0 Å². The second-order valence-corrected chi connectivity index (χ2v) is 4.55. The number of hydrogen-bond donors (Lipinski definition) is 1. The van der Waals surface area contributed by atoms with Gasteiger partial charge in [0.25, 0.3) is 5.91 Å². The van der Waals surface area contributed by atoms with E-state index in [1.807, 2.05) is 43.3 Å². The third kappa shape index (κ3) is 2.91. The SMILES string of the molecule is Cc1cccnc1C(=O)Nc1ccc(Br)cc1. The Bertz CT molecular complexity index is 537. The van der Waals surface area contributed by atoms with Crippen LogP contribution < -0.4 is 5.32 Å². The van der Waals surface area contributed by atoms with Crippen LogP contribution >= 0.6 is 15.9 Å². The molecular weight excluding hydrogens is 280 g/mol. The third-order valence-corrected chi connectivity index (χ3v) is 2.86. The van der Waals surface area contributed by atoms with E-state index in [4.69, 9.17) is 0 Å². The number of carbonyl (C=O) groups is 1. The minimum Gasteiger partial charge on any atom is -0.321 e. The van der Waals surface area contributed by atoms with Gasteiger partial charge in [0, 0.05) is 16.4 Å². The van der Waals surface area contributed by atoms with Crippen LogP contribution in [0.1, 0.15) is 16.1 Å². The molecule has 1 aromatic carbocycles. The molecule has 0 spiro atoms. The maximum Gasteiger partial charge on any atom is 0.274 e. The molecule has 0 bridgehead atoms. The molecule has 0 aliphatic rings. The van der Waals surface area contributed by atoms with E-state index in [0.717, 1.165) is 15.7 Å². The molecule has 4 heteroatoms. The number of halogens is 1. The van der Waals surface area contributed by atoms with Crippen molar-refractivity contribution in [2.75, 3.05) is 5.32 Å². The number of aromatic nitrogens is 1. The highest BCUT2D eigenvalue weighted by atomic mass is 79.9. The molecule has 1 aromatic heterocycles. The lowest BCUT2D eigenvalue weighted by atomic mass is 10.2. The van der Waals surface area contributed by atoms with E-state index < -0.39 is 0 Å². The lowest BCUT2D eigenvalue weighted by Crippen LogP contribution is -2.14. The smallest absolute Gasteiger partial charge is 0.274 e. The van der Waals surface area contributed by atoms with E-state index in [-0.39, 0.29) is 5.91 Å². The molecule has 0 atom stereocenters. The van der Waals surface area contributed by atoms with Crippen LogP contribution in [0.3, 0.4) is 0 Å². The van der Waals surface area contributed by atoms with Crippen molar-refractivity contribution < 1.29 is 4.79 Å². The van der Waals surface area contributed by atoms with Gasteiger partial charge in [0.15, 0.2) is 0 Å². The molecule has 0 radical (unpaired) electrons. The summed E-state index contributed by atoms with van der Waals surface area (Å²) in [4.78, 5) is 16.0. The molecule has 0 aliphatic carbocycles. The van der Waals surface area contributed by atoms with E-state index in [0.29, 0.717) is 5.69 Å². The first-order valence-corrected chi connectivity index (χ1v) is 5.94. The van der Waals surface area contributed by atoms with Gasteiger partial charge in [-0.25, -0.2) is 0 Å². The zero-order chi connectivity index (χ0) is 12.3. The molecule has 0 saturated heterocycles. The van der Waals surface area contributed by atoms with E-state index >= 15 is 0 Å². The van der Waals surface area contributed by atoms with Gasteiger partial charge in [0.2, 0.25) is 0 Å². The number of carbonyl (C=O) groups excluding carboxylic acids is 1. The van der Waals surface area contributed by atoms with Gasteiger partial charge in [-0.3, -0.25) is 9.78 Å². The zero-order valence-electron chi connectivity index (χ0n) is 9.27. The first-order chi connectivity index (χ1) is 8.16. The molecule has 2 aromatic rings. The van der Waals surface area contributed by atoms with Gasteiger partial charge >= 0.3 is 0 Å². The van der Waals surface area contributed by atoms with Crippen LogP contribution in [0.25, 0.3) is 0 Å². The zero-order valence-corrected chi connectivity index (χ0v) is 10.9. The molecule has 2 rings (SSSR count). The van der Waals surface area contributed by atoms with Crippen LogP contribution in [0, 0.1) is 6.92 Å². The molecule has 17 heavy (non-hydrogen) atoms. The van der Waals surface area contributed by atoms with Crippen molar-refractivity contribution in [3.8, 4) is 0 Å². The fourth-order valence-corrected chi connectivity index (χ4v) is 1.71. The second kappa shape index (κ2) is 5.10. The summed E-state index contributed by atoms with van der Waals surface area (Å²) in [6.07, 6.45) is 1.61. The summed E-state index contributed by atoms with van der Waals surface area (Å²) in [6.45, 7) is 1.86. The second-order valence-electron chi connectivity index (χ2n) is 3.63. The predicted octanol–water partition coefficient (Wildman–Crippen LogP) is 3.40. The van der Waals surface area contributed by atoms with E-state index in [9.17, 15) is 4.79 Å². The number of aryl methyl sites for hydroxylation is 1. The third-order valence-electron chi connectivity index (χ3n) is 2.33. The normalized spacial score (nSPS) is 10.0. The summed E-state index contributed by atoms with van der Waals surface area (Å²) >= 11 is 3.34. The number of anilines is 1. The summed E-state index contributed by atoms with van der Waals surface area (Å²) in [7, 11) is 0. The van der Waals surface area contributed by atoms with Crippen molar-refractivity contribution in [2.45, 2.75) is 6.92 Å². The Morgan fingerprint density at radius 2 is 1.94 bits per heavy atom. The predicted molar refractivity (Wildman–Crippen MR) is 71.1 cm³/mol. The first kappa shape index (κ1) is 11.8. The van der Waals surface area contributed by atoms with Crippen molar-refractivity contribution >= 4 is 27.5 Å². The largest absolute Gasteiger partial charge is 0.321 e. The number of nitrogens with zero attached hydrogens (tertiary/aromatic N) is 1. The fraction of sp³-hybridized carbons (Fsp3) is 0.0769. The summed E-state index contributed by atoms with van der Waals surface area (Å²) < 4.78 is 0.976. The molecular formula is C13H11BrN2O. The average Bonchev–Trinajstić information content (AvgIpc) is 2.32. The molecule has 1 amide bonds. The van der Waals surface area contributed by atoms with Crippen molar-refractivity contribution in [2.24, 2.45) is 0 Å². The quantitative estimate of drug-likeness (QED) is 0.921. The van der Waals surface area contributed by atoms with E-state index in [2.05, 4.69) is 26.2 Å². The molecule has 0 aliphatic heterocycles. The molecule has 0 unspecified atom stereocenters. The molecule has 86 valence electrons. The minimum atomic E-state index is -0.189. The summed E-state index contributed by atoms with van der Waals surface area (Å²) in [5.41, 5.74) is 2.07. The number of amides is 1. The maximum atomic E-state index is 11.9. The molecule has 0 fully saturated rings. The highest BCUT2D eigenvalue weighted by molar-refractivity contribution is 9.10. The lowest BCUT2D eigenvalue weighted by Gasteiger charge is -2.06. The van der Waals surface area contributed by atoms with Gasteiger partial charge in [0.05, 0.1) is 0 Å². The number of pyridine rings is 1. The van der Waals surface area contributed by atoms with Crippen LogP contribution in [-0.2, 0) is 0 Å². The standard InChI is InChI=1S/C13H11BrN2O/c1-9-3-2-8-15-12(9)13(17)16-11-6-4-10(14)5-7-11/h2-8H,1H3,(H,16,17). The Morgan fingerprint density at radius 1 is 1.24 bits per heavy atom. The van der Waals surface area contributed by atoms with Gasteiger partial charge in [0.1, 0.15) is 5.69 Å². The summed E-state index contributed by atoms with van der Waals surface area (Å²) in [5, 5.41) is 2.80. The fourth-order valence-electron chi connectivity index (χ4n) is 1.45. The van der Waals surface area contributed by atoms with E-state index in [1.54, 1.807) is 6.20 Å². The summed E-state index contributed by atoms with van der Waals surface area (Å²) in [6, 6.07) is 11.1. The van der Waals surface area contributed by atoms with Crippen LogP contribution in [0.15, 0.2) is 47.1 Å².